The summed E-state index contributed by atoms with van der Waals surface area (Å²) in [5, 5.41) is 17.3. The molecule has 0 amide bonds. The maximum Gasteiger partial charge on any atom is 0.162 e. The fourth-order valence-electron chi connectivity index (χ4n) is 6.64. The van der Waals surface area contributed by atoms with E-state index in [2.05, 4.69) is 98.0 Å². The second kappa shape index (κ2) is 15.7. The van der Waals surface area contributed by atoms with Gasteiger partial charge in [-0.15, -0.1) is 18.2 Å². The minimum Gasteiger partial charge on any atom is -0.512 e. The Morgan fingerprint density at radius 2 is 1.50 bits per heavy atom. The second-order valence-electron chi connectivity index (χ2n) is 13.5. The third-order valence-corrected chi connectivity index (χ3v) is 11.5. The zero-order valence-corrected chi connectivity index (χ0v) is 32.7. The number of aliphatic hydroxyl groups excluding tert-OH is 1. The number of allylic oxidation sites excluding steroid dienone is 2. The fourth-order valence-corrected chi connectivity index (χ4v) is 8.23. The molecular weight excluding hydrogens is 787 g/mol. The van der Waals surface area contributed by atoms with Crippen LogP contribution in [0.3, 0.4) is 0 Å². The molecule has 0 fully saturated rings. The maximum atomic E-state index is 11.7. The number of para-hydroxylation sites is 1. The van der Waals surface area contributed by atoms with Gasteiger partial charge in [-0.1, -0.05) is 106 Å². The van der Waals surface area contributed by atoms with Crippen molar-refractivity contribution in [3.63, 3.8) is 0 Å². The van der Waals surface area contributed by atoms with E-state index in [1.807, 2.05) is 45.9 Å². The van der Waals surface area contributed by atoms with Crippen molar-refractivity contribution in [1.82, 2.24) is 0 Å². The summed E-state index contributed by atoms with van der Waals surface area (Å²) in [6.07, 6.45) is 4.91. The van der Waals surface area contributed by atoms with Crippen molar-refractivity contribution < 1.29 is 39.0 Å². The molecule has 0 spiro atoms. The number of fused-ring (bicyclic) bond motifs is 6. The van der Waals surface area contributed by atoms with E-state index in [0.29, 0.717) is 0 Å². The van der Waals surface area contributed by atoms with Gasteiger partial charge in [0.15, 0.2) is 5.78 Å². The van der Waals surface area contributed by atoms with Gasteiger partial charge in [0.05, 0.1) is 19.4 Å². The summed E-state index contributed by atoms with van der Waals surface area (Å²) >= 11 is 0. The minimum atomic E-state index is -1.69. The number of hydrogen-bond acceptors (Lipinski definition) is 3. The Morgan fingerprint density at radius 1 is 0.875 bits per heavy atom. The number of carbonyl (C=O) groups is 1. The van der Waals surface area contributed by atoms with Crippen molar-refractivity contribution in [2.24, 2.45) is 11.8 Å². The summed E-state index contributed by atoms with van der Waals surface area (Å²) in [4.78, 5) is 11.7. The number of furan rings is 1. The van der Waals surface area contributed by atoms with Crippen LogP contribution in [0.1, 0.15) is 53.4 Å². The first-order valence-corrected chi connectivity index (χ1v) is 20.5. The summed E-state index contributed by atoms with van der Waals surface area (Å²) in [5.74, 6) is 0.547. The van der Waals surface area contributed by atoms with Crippen LogP contribution in [0.2, 0.25) is 19.6 Å². The Balaban J connectivity index is 0.000000279. The van der Waals surface area contributed by atoms with Gasteiger partial charge in [0.25, 0.3) is 0 Å². The minimum absolute atomic E-state index is 0. The van der Waals surface area contributed by atoms with Crippen molar-refractivity contribution in [2.75, 3.05) is 0 Å². The molecule has 4 nitrogen and oxygen atoms in total. The van der Waals surface area contributed by atoms with Crippen molar-refractivity contribution >= 4 is 62.7 Å². The quantitative estimate of drug-likeness (QED) is 0.0394. The van der Waals surface area contributed by atoms with E-state index in [9.17, 15) is 9.90 Å². The summed E-state index contributed by atoms with van der Waals surface area (Å²) in [6.45, 7) is 15.3. The number of carbonyl (C=O) groups excluding carboxylic acids is 1. The Kier molecular flexibility index (Phi) is 12.1. The van der Waals surface area contributed by atoms with E-state index >= 15 is 0 Å². The number of rotatable bonds is 9. The predicted molar refractivity (Wildman–Crippen MR) is 201 cm³/mol. The second-order valence-corrected chi connectivity index (χ2v) is 18.5. The van der Waals surface area contributed by atoms with E-state index in [1.54, 1.807) is 0 Å². The van der Waals surface area contributed by atoms with Crippen molar-refractivity contribution in [2.45, 2.75) is 73.0 Å². The standard InChI is InChI=1S/C29H24NOSi.C13H24O2.Ir/c1-30-24-17-16-19-10-5-6-11-20(19)28(24)27(32(2,3)4)18-25(30)23-14-9-13-22-21-12-7-8-15-26(21)31-29(22)23;1-5-10(6-2)12(14)9-13(15)11(7-3)8-4;/h5-13,15-18H,1H2,2-4H3;9-11,14H,5-8H2,1-4H3;/q-1;;/b;12-9-;. The first-order chi connectivity index (χ1) is 22.5. The van der Waals surface area contributed by atoms with Gasteiger partial charge >= 0.3 is 0 Å². The molecule has 6 heteroatoms. The molecule has 0 unspecified atom stereocenters. The van der Waals surface area contributed by atoms with Gasteiger partial charge < -0.3 is 14.1 Å². The van der Waals surface area contributed by atoms with Crippen LogP contribution in [0.15, 0.2) is 95.1 Å². The van der Waals surface area contributed by atoms with Crippen LogP contribution < -0.4 is 9.75 Å². The first kappa shape index (κ1) is 37.1. The molecule has 4 aromatic carbocycles. The van der Waals surface area contributed by atoms with Crippen LogP contribution in [0, 0.1) is 24.9 Å². The van der Waals surface area contributed by atoms with Gasteiger partial charge in [0, 0.05) is 50.5 Å². The summed E-state index contributed by atoms with van der Waals surface area (Å²) < 4.78 is 8.40. The molecule has 2 aromatic heterocycles. The SMILES string of the molecule is CCC(CC)C(=O)/C=C(\O)C(CC)CC.[CH2-][n+]1c(-c2[c-]ccc3c2oc2ccccc23)cc([Si](C)(C)C)c2c3ccccc3ccc21.[Ir]. The smallest absolute Gasteiger partial charge is 0.162 e. The Hall–Kier alpha value is -3.70. The van der Waals surface area contributed by atoms with Crippen LogP contribution >= 0.6 is 0 Å². The van der Waals surface area contributed by atoms with Crippen LogP contribution in [-0.2, 0) is 24.9 Å². The number of ketones is 1. The van der Waals surface area contributed by atoms with Crippen LogP contribution in [0.25, 0.3) is 54.9 Å². The number of benzene rings is 4. The Bertz CT molecular complexity index is 2080. The van der Waals surface area contributed by atoms with E-state index in [1.165, 1.54) is 27.4 Å². The van der Waals surface area contributed by atoms with Crippen LogP contribution in [0.4, 0.5) is 0 Å². The summed E-state index contributed by atoms with van der Waals surface area (Å²) in [6, 6.07) is 31.2. The van der Waals surface area contributed by atoms with Gasteiger partial charge in [0.2, 0.25) is 0 Å². The summed E-state index contributed by atoms with van der Waals surface area (Å²) in [5.41, 5.74) is 4.90. The molecular formula is C42H48IrNO3Si-. The Morgan fingerprint density at radius 3 is 2.15 bits per heavy atom. The fraction of sp³-hybridized carbons (Fsp3) is 0.310. The van der Waals surface area contributed by atoms with Crippen molar-refractivity contribution in [3.05, 3.63) is 104 Å². The first-order valence-electron chi connectivity index (χ1n) is 17.0. The molecule has 0 saturated carbocycles. The molecule has 48 heavy (non-hydrogen) atoms. The molecule has 0 aliphatic carbocycles. The van der Waals surface area contributed by atoms with E-state index in [4.69, 9.17) is 4.42 Å². The monoisotopic (exact) mass is 835 g/mol. The van der Waals surface area contributed by atoms with Crippen LogP contribution in [-0.4, -0.2) is 19.0 Å². The molecule has 0 aliphatic rings. The average Bonchev–Trinajstić information content (AvgIpc) is 3.45. The van der Waals surface area contributed by atoms with E-state index < -0.39 is 8.07 Å². The number of aliphatic hydroxyl groups is 1. The van der Waals surface area contributed by atoms with Gasteiger partial charge in [-0.25, -0.2) is 0 Å². The molecule has 6 rings (SSSR count). The van der Waals surface area contributed by atoms with Crippen molar-refractivity contribution in [3.8, 4) is 11.3 Å². The Labute approximate surface area is 300 Å². The van der Waals surface area contributed by atoms with Gasteiger partial charge in [-0.3, -0.25) is 4.79 Å². The molecule has 2 heterocycles. The average molecular weight is 835 g/mol. The zero-order valence-electron chi connectivity index (χ0n) is 29.3. The van der Waals surface area contributed by atoms with Gasteiger partial charge in [-0.2, -0.15) is 0 Å². The maximum absolute atomic E-state index is 11.7. The van der Waals surface area contributed by atoms with Crippen molar-refractivity contribution in [1.29, 1.82) is 0 Å². The molecule has 0 saturated heterocycles. The number of aromatic nitrogens is 1. The van der Waals surface area contributed by atoms with Gasteiger partial charge in [0.1, 0.15) is 16.8 Å². The number of hydrogen-bond donors (Lipinski definition) is 1. The largest absolute Gasteiger partial charge is 0.512 e. The third kappa shape index (κ3) is 7.32. The molecule has 253 valence electrons. The normalized spacial score (nSPS) is 12.1. The van der Waals surface area contributed by atoms with E-state index in [0.717, 1.165) is 64.4 Å². The molecule has 0 atom stereocenters. The molecule has 1 N–H and O–H groups in total. The molecule has 1 radical (unpaired) electrons. The third-order valence-electron chi connectivity index (χ3n) is 9.52. The number of nitrogens with zero attached hydrogens (tertiary/aromatic N) is 1. The predicted octanol–water partition coefficient (Wildman–Crippen LogP) is 10.7. The van der Waals surface area contributed by atoms with Crippen LogP contribution in [0.5, 0.6) is 0 Å². The number of pyridine rings is 1. The van der Waals surface area contributed by atoms with E-state index in [-0.39, 0.29) is 43.5 Å². The molecule has 0 bridgehead atoms. The molecule has 0 aliphatic heterocycles. The topological polar surface area (TPSA) is 54.3 Å². The summed E-state index contributed by atoms with van der Waals surface area (Å²) in [7, 11) is 2.80. The zero-order chi connectivity index (χ0) is 33.9. The molecule has 6 aromatic rings. The van der Waals surface area contributed by atoms with Gasteiger partial charge in [-0.05, 0) is 65.6 Å².